The molecule has 5 nitrogen and oxygen atoms in total. The number of thiazole rings is 1. The van der Waals surface area contributed by atoms with Crippen LogP contribution in [-0.4, -0.2) is 49.1 Å². The summed E-state index contributed by atoms with van der Waals surface area (Å²) in [6.07, 6.45) is 3.06. The highest BCUT2D eigenvalue weighted by molar-refractivity contribution is 14.0. The molecule has 8 heteroatoms. The van der Waals surface area contributed by atoms with Crippen LogP contribution in [0.5, 0.6) is 0 Å². The summed E-state index contributed by atoms with van der Waals surface area (Å²) in [5.41, 5.74) is 0. The summed E-state index contributed by atoms with van der Waals surface area (Å²) in [5, 5.41) is 8.24. The molecule has 0 saturated carbocycles. The van der Waals surface area contributed by atoms with Crippen molar-refractivity contribution in [1.82, 2.24) is 15.2 Å². The fourth-order valence-corrected chi connectivity index (χ4v) is 4.82. The van der Waals surface area contributed by atoms with Crippen molar-refractivity contribution in [1.29, 1.82) is 0 Å². The Hall–Kier alpha value is -0.870. The normalized spacial score (nSPS) is 15.3. The number of nitrogens with one attached hydrogen (secondary N) is 1. The molecule has 26 heavy (non-hydrogen) atoms. The summed E-state index contributed by atoms with van der Waals surface area (Å²) in [4.78, 5) is 15.1. The monoisotopic (exact) mass is 505 g/mol. The Kier molecular flexibility index (Phi) is 8.62. The minimum absolute atomic E-state index is 0. The van der Waals surface area contributed by atoms with Crippen LogP contribution in [0, 0.1) is 5.92 Å². The molecule has 1 N–H and O–H groups in total. The highest BCUT2D eigenvalue weighted by Crippen LogP contribution is 2.22. The Balaban J connectivity index is 0.00000243. The Morgan fingerprint density at radius 3 is 2.69 bits per heavy atom. The van der Waals surface area contributed by atoms with Gasteiger partial charge in [-0.1, -0.05) is 13.8 Å². The maximum Gasteiger partial charge on any atom is 0.194 e. The van der Waals surface area contributed by atoms with Crippen LogP contribution in [-0.2, 0) is 13.0 Å². The van der Waals surface area contributed by atoms with E-state index in [4.69, 9.17) is 0 Å². The van der Waals surface area contributed by atoms with Crippen LogP contribution in [0.4, 0.5) is 5.00 Å². The van der Waals surface area contributed by atoms with Gasteiger partial charge in [0.05, 0.1) is 16.6 Å². The molecule has 2 aromatic heterocycles. The van der Waals surface area contributed by atoms with Crippen LogP contribution < -0.4 is 10.2 Å². The fraction of sp³-hybridized carbons (Fsp3) is 0.556. The predicted molar refractivity (Wildman–Crippen MR) is 124 cm³/mol. The van der Waals surface area contributed by atoms with Crippen LogP contribution >= 0.6 is 46.7 Å². The predicted octanol–water partition coefficient (Wildman–Crippen LogP) is 3.92. The lowest BCUT2D eigenvalue weighted by molar-refractivity contribution is 0.373. The summed E-state index contributed by atoms with van der Waals surface area (Å²) in [5.74, 6) is 1.64. The molecule has 0 amide bonds. The van der Waals surface area contributed by atoms with Crippen molar-refractivity contribution < 1.29 is 0 Å². The molecule has 144 valence electrons. The van der Waals surface area contributed by atoms with Gasteiger partial charge in [0.15, 0.2) is 5.96 Å². The molecule has 1 aliphatic rings. The van der Waals surface area contributed by atoms with Gasteiger partial charge in [-0.3, -0.25) is 4.99 Å². The summed E-state index contributed by atoms with van der Waals surface area (Å²) in [6.45, 7) is 9.35. The van der Waals surface area contributed by atoms with Gasteiger partial charge in [-0.25, -0.2) is 4.98 Å². The average Bonchev–Trinajstić information content (AvgIpc) is 3.27. The van der Waals surface area contributed by atoms with Crippen LogP contribution in [0.2, 0.25) is 0 Å². The van der Waals surface area contributed by atoms with Crippen molar-refractivity contribution in [3.05, 3.63) is 33.6 Å². The Morgan fingerprint density at radius 2 is 2.08 bits per heavy atom. The molecule has 1 aliphatic heterocycles. The molecule has 0 atom stereocenters. The zero-order chi connectivity index (χ0) is 17.6. The molecule has 3 rings (SSSR count). The van der Waals surface area contributed by atoms with Gasteiger partial charge in [-0.2, -0.15) is 0 Å². The van der Waals surface area contributed by atoms with Crippen molar-refractivity contribution in [2.45, 2.75) is 26.8 Å². The number of rotatable bonds is 5. The van der Waals surface area contributed by atoms with E-state index >= 15 is 0 Å². The van der Waals surface area contributed by atoms with E-state index in [2.05, 4.69) is 56.5 Å². The second-order valence-electron chi connectivity index (χ2n) is 6.64. The minimum Gasteiger partial charge on any atom is -0.360 e. The van der Waals surface area contributed by atoms with E-state index in [1.54, 1.807) is 11.3 Å². The van der Waals surface area contributed by atoms with E-state index in [-0.39, 0.29) is 24.0 Å². The van der Waals surface area contributed by atoms with Gasteiger partial charge in [0.2, 0.25) is 0 Å². The highest BCUT2D eigenvalue weighted by atomic mass is 127. The number of thiophene rings is 1. The van der Waals surface area contributed by atoms with Crippen LogP contribution in [0.25, 0.3) is 0 Å². The van der Waals surface area contributed by atoms with E-state index in [1.807, 2.05) is 24.6 Å². The Labute approximate surface area is 181 Å². The average molecular weight is 505 g/mol. The van der Waals surface area contributed by atoms with Crippen LogP contribution in [0.3, 0.4) is 0 Å². The number of anilines is 1. The third-order valence-corrected chi connectivity index (χ3v) is 6.16. The maximum absolute atomic E-state index is 4.53. The summed E-state index contributed by atoms with van der Waals surface area (Å²) in [7, 11) is 1.87. The van der Waals surface area contributed by atoms with Crippen molar-refractivity contribution in [3.8, 4) is 0 Å². The van der Waals surface area contributed by atoms with Gasteiger partial charge >= 0.3 is 0 Å². The molecular formula is C18H28IN5S2. The molecule has 1 saturated heterocycles. The van der Waals surface area contributed by atoms with Crippen molar-refractivity contribution in [2.75, 3.05) is 38.1 Å². The molecule has 2 aromatic rings. The third-order valence-electron chi connectivity index (χ3n) is 4.21. The number of aliphatic imine (C=N–C) groups is 1. The summed E-state index contributed by atoms with van der Waals surface area (Å²) in [6, 6.07) is 4.32. The van der Waals surface area contributed by atoms with E-state index in [1.165, 1.54) is 14.9 Å². The van der Waals surface area contributed by atoms with Crippen LogP contribution in [0.15, 0.2) is 28.7 Å². The van der Waals surface area contributed by atoms with Gasteiger partial charge in [0.25, 0.3) is 0 Å². The molecule has 0 aliphatic carbocycles. The number of hydrogen-bond acceptors (Lipinski definition) is 5. The number of hydrogen-bond donors (Lipinski definition) is 1. The van der Waals surface area contributed by atoms with Gasteiger partial charge < -0.3 is 15.1 Å². The van der Waals surface area contributed by atoms with Gasteiger partial charge in [0.1, 0.15) is 0 Å². The number of aromatic nitrogens is 1. The largest absolute Gasteiger partial charge is 0.360 e. The van der Waals surface area contributed by atoms with Gasteiger partial charge in [0, 0.05) is 50.7 Å². The van der Waals surface area contributed by atoms with Gasteiger partial charge in [-0.15, -0.1) is 46.7 Å². The lowest BCUT2D eigenvalue weighted by Crippen LogP contribution is -2.52. The summed E-state index contributed by atoms with van der Waals surface area (Å²) >= 11 is 3.62. The quantitative estimate of drug-likeness (QED) is 0.380. The first-order chi connectivity index (χ1) is 12.2. The summed E-state index contributed by atoms with van der Waals surface area (Å²) < 4.78 is 0. The molecule has 0 spiro atoms. The maximum atomic E-state index is 4.53. The van der Waals surface area contributed by atoms with E-state index < -0.39 is 0 Å². The Morgan fingerprint density at radius 1 is 1.31 bits per heavy atom. The molecule has 1 fully saturated rings. The zero-order valence-electron chi connectivity index (χ0n) is 15.6. The molecule has 0 aromatic carbocycles. The molecule has 0 radical (unpaired) electrons. The smallest absolute Gasteiger partial charge is 0.194 e. The number of guanidine groups is 1. The lowest BCUT2D eigenvalue weighted by atomic mass is 10.1. The zero-order valence-corrected chi connectivity index (χ0v) is 19.6. The first kappa shape index (κ1) is 21.4. The second kappa shape index (κ2) is 10.5. The Bertz CT molecular complexity index is 676. The molecular weight excluding hydrogens is 477 g/mol. The SMILES string of the molecule is CN=C(NCc1cnc(CC(C)C)s1)N1CCN(c2cccs2)CC1.I. The molecule has 0 unspecified atom stereocenters. The lowest BCUT2D eigenvalue weighted by Gasteiger charge is -2.36. The van der Waals surface area contributed by atoms with E-state index in [9.17, 15) is 0 Å². The molecule has 0 bridgehead atoms. The van der Waals surface area contributed by atoms with Crippen molar-refractivity contribution in [2.24, 2.45) is 10.9 Å². The first-order valence-electron chi connectivity index (χ1n) is 8.83. The van der Waals surface area contributed by atoms with Crippen molar-refractivity contribution >= 4 is 57.6 Å². The number of nitrogens with zero attached hydrogens (tertiary/aromatic N) is 4. The second-order valence-corrected chi connectivity index (χ2v) is 8.77. The van der Waals surface area contributed by atoms with Crippen LogP contribution in [0.1, 0.15) is 23.7 Å². The van der Waals surface area contributed by atoms with E-state index in [0.29, 0.717) is 5.92 Å². The van der Waals surface area contributed by atoms with Crippen molar-refractivity contribution in [3.63, 3.8) is 0 Å². The highest BCUT2D eigenvalue weighted by Gasteiger charge is 2.20. The number of halogens is 1. The topological polar surface area (TPSA) is 43.8 Å². The third kappa shape index (κ3) is 5.82. The fourth-order valence-electron chi connectivity index (χ4n) is 2.96. The minimum atomic E-state index is 0. The van der Waals surface area contributed by atoms with Gasteiger partial charge in [-0.05, 0) is 23.4 Å². The van der Waals surface area contributed by atoms with E-state index in [0.717, 1.165) is 45.1 Å². The number of piperazine rings is 1. The standard InChI is InChI=1S/C18H27N5S2.HI/c1-14(2)11-16-20-12-15(25-16)13-21-18(19-3)23-8-6-22(7-9-23)17-5-4-10-24-17;/h4-5,10,12,14H,6-9,11,13H2,1-3H3,(H,19,21);1H. The molecule has 3 heterocycles. The first-order valence-corrected chi connectivity index (χ1v) is 10.5.